The van der Waals surface area contributed by atoms with Crippen molar-refractivity contribution < 1.29 is 4.74 Å². The van der Waals surface area contributed by atoms with E-state index in [4.69, 9.17) is 4.74 Å². The van der Waals surface area contributed by atoms with E-state index in [1.54, 1.807) is 0 Å². The molecule has 1 heterocycles. The zero-order chi connectivity index (χ0) is 9.64. The summed E-state index contributed by atoms with van der Waals surface area (Å²) in [5.74, 6) is 0.944. The molecule has 0 radical (unpaired) electrons. The fourth-order valence-corrected chi connectivity index (χ4v) is 2.43. The molecule has 3 nitrogen and oxygen atoms in total. The van der Waals surface area contributed by atoms with E-state index in [2.05, 4.69) is 10.6 Å². The molecule has 0 amide bonds. The Balaban J connectivity index is 1.52. The van der Waals surface area contributed by atoms with Gasteiger partial charge in [-0.15, -0.1) is 0 Å². The van der Waals surface area contributed by atoms with Crippen LogP contribution >= 0.6 is 0 Å². The highest BCUT2D eigenvalue weighted by atomic mass is 16.5. The first-order valence-corrected chi connectivity index (χ1v) is 5.97. The van der Waals surface area contributed by atoms with Crippen LogP contribution in [-0.4, -0.2) is 38.9 Å². The summed E-state index contributed by atoms with van der Waals surface area (Å²) in [7, 11) is 0. The molecular formula is C11H22N2O. The number of nitrogens with one attached hydrogen (secondary N) is 2. The summed E-state index contributed by atoms with van der Waals surface area (Å²) in [4.78, 5) is 0. The molecule has 1 unspecified atom stereocenters. The van der Waals surface area contributed by atoms with Crippen molar-refractivity contribution in [2.75, 3.05) is 32.8 Å². The number of rotatable bonds is 4. The molecule has 2 N–H and O–H groups in total. The van der Waals surface area contributed by atoms with Crippen LogP contribution in [0.4, 0.5) is 0 Å². The molecule has 0 aromatic heterocycles. The fourth-order valence-electron chi connectivity index (χ4n) is 2.43. The fraction of sp³-hybridized carbons (Fsp3) is 1.00. The Morgan fingerprint density at radius 2 is 2.07 bits per heavy atom. The highest BCUT2D eigenvalue weighted by Crippen LogP contribution is 2.23. The van der Waals surface area contributed by atoms with E-state index < -0.39 is 0 Å². The third-order valence-corrected chi connectivity index (χ3v) is 3.30. The molecule has 1 atom stereocenters. The first-order chi connectivity index (χ1) is 6.95. The first kappa shape index (κ1) is 10.4. The van der Waals surface area contributed by atoms with Crippen molar-refractivity contribution in [1.82, 2.24) is 10.6 Å². The van der Waals surface area contributed by atoms with Crippen molar-refractivity contribution >= 4 is 0 Å². The molecular weight excluding hydrogens is 176 g/mol. The van der Waals surface area contributed by atoms with Gasteiger partial charge in [0.15, 0.2) is 0 Å². The van der Waals surface area contributed by atoms with Gasteiger partial charge in [-0.3, -0.25) is 0 Å². The quantitative estimate of drug-likeness (QED) is 0.699. The van der Waals surface area contributed by atoms with Crippen LogP contribution in [0.1, 0.15) is 25.7 Å². The SMILES string of the molecule is C1CCC(CNCC2COCCN2)C1. The summed E-state index contributed by atoms with van der Waals surface area (Å²) < 4.78 is 5.40. The molecule has 3 heteroatoms. The second-order valence-electron chi connectivity index (χ2n) is 4.53. The maximum absolute atomic E-state index is 5.40. The Labute approximate surface area is 86.6 Å². The summed E-state index contributed by atoms with van der Waals surface area (Å²) >= 11 is 0. The third kappa shape index (κ3) is 3.23. The molecule has 1 aliphatic carbocycles. The van der Waals surface area contributed by atoms with Crippen LogP contribution in [0.25, 0.3) is 0 Å². The van der Waals surface area contributed by atoms with Crippen LogP contribution in [0, 0.1) is 5.92 Å². The highest BCUT2D eigenvalue weighted by molar-refractivity contribution is 4.75. The Kier molecular flexibility index (Phi) is 4.22. The molecule has 2 rings (SSSR count). The van der Waals surface area contributed by atoms with Crippen molar-refractivity contribution in [1.29, 1.82) is 0 Å². The van der Waals surface area contributed by atoms with Gasteiger partial charge in [-0.25, -0.2) is 0 Å². The zero-order valence-electron chi connectivity index (χ0n) is 8.93. The minimum Gasteiger partial charge on any atom is -0.378 e. The molecule has 0 spiro atoms. The second kappa shape index (κ2) is 5.69. The smallest absolute Gasteiger partial charge is 0.0632 e. The summed E-state index contributed by atoms with van der Waals surface area (Å²) in [6, 6.07) is 0.533. The van der Waals surface area contributed by atoms with Crippen LogP contribution in [0.2, 0.25) is 0 Å². The Hall–Kier alpha value is -0.120. The molecule has 1 saturated heterocycles. The van der Waals surface area contributed by atoms with E-state index >= 15 is 0 Å². The van der Waals surface area contributed by atoms with Gasteiger partial charge >= 0.3 is 0 Å². The standard InChI is InChI=1S/C11H22N2O/c1-2-4-10(3-1)7-12-8-11-9-14-6-5-13-11/h10-13H,1-9H2. The van der Waals surface area contributed by atoms with Gasteiger partial charge < -0.3 is 15.4 Å². The maximum atomic E-state index is 5.40. The van der Waals surface area contributed by atoms with E-state index in [0.717, 1.165) is 32.2 Å². The lowest BCUT2D eigenvalue weighted by Crippen LogP contribution is -2.47. The topological polar surface area (TPSA) is 33.3 Å². The highest BCUT2D eigenvalue weighted by Gasteiger charge is 2.16. The Morgan fingerprint density at radius 1 is 1.21 bits per heavy atom. The van der Waals surface area contributed by atoms with Gasteiger partial charge in [0, 0.05) is 19.1 Å². The monoisotopic (exact) mass is 198 g/mol. The van der Waals surface area contributed by atoms with Crippen LogP contribution in [-0.2, 0) is 4.74 Å². The number of hydrogen-bond donors (Lipinski definition) is 2. The van der Waals surface area contributed by atoms with Crippen molar-refractivity contribution in [3.05, 3.63) is 0 Å². The first-order valence-electron chi connectivity index (χ1n) is 5.97. The maximum Gasteiger partial charge on any atom is 0.0632 e. The van der Waals surface area contributed by atoms with E-state index in [1.807, 2.05) is 0 Å². The van der Waals surface area contributed by atoms with Gasteiger partial charge in [0.25, 0.3) is 0 Å². The Bertz CT molecular complexity index is 151. The van der Waals surface area contributed by atoms with E-state index in [9.17, 15) is 0 Å². The average molecular weight is 198 g/mol. The van der Waals surface area contributed by atoms with Crippen molar-refractivity contribution in [3.63, 3.8) is 0 Å². The predicted octanol–water partition coefficient (Wildman–Crippen LogP) is 0.755. The molecule has 0 bridgehead atoms. The van der Waals surface area contributed by atoms with Gasteiger partial charge in [0.05, 0.1) is 13.2 Å². The van der Waals surface area contributed by atoms with Crippen molar-refractivity contribution in [2.45, 2.75) is 31.7 Å². The van der Waals surface area contributed by atoms with Gasteiger partial charge in [-0.05, 0) is 25.3 Å². The normalized spacial score (nSPS) is 29.6. The van der Waals surface area contributed by atoms with Crippen molar-refractivity contribution in [3.8, 4) is 0 Å². The summed E-state index contributed by atoms with van der Waals surface area (Å²) in [5.41, 5.74) is 0. The number of hydrogen-bond acceptors (Lipinski definition) is 3. The van der Waals surface area contributed by atoms with Gasteiger partial charge in [-0.1, -0.05) is 12.8 Å². The van der Waals surface area contributed by atoms with Crippen LogP contribution < -0.4 is 10.6 Å². The largest absolute Gasteiger partial charge is 0.378 e. The average Bonchev–Trinajstić information content (AvgIpc) is 2.72. The second-order valence-corrected chi connectivity index (χ2v) is 4.53. The van der Waals surface area contributed by atoms with E-state index in [0.29, 0.717) is 6.04 Å². The summed E-state index contributed by atoms with van der Waals surface area (Å²) in [5, 5.41) is 7.01. The minimum atomic E-state index is 0.533. The molecule has 2 fully saturated rings. The lowest BCUT2D eigenvalue weighted by Gasteiger charge is -2.24. The predicted molar refractivity (Wildman–Crippen MR) is 57.4 cm³/mol. The van der Waals surface area contributed by atoms with Gasteiger partial charge in [0.2, 0.25) is 0 Å². The summed E-state index contributed by atoms with van der Waals surface area (Å²) in [6.07, 6.45) is 5.75. The molecule has 82 valence electrons. The molecule has 0 aromatic carbocycles. The van der Waals surface area contributed by atoms with Gasteiger partial charge in [-0.2, -0.15) is 0 Å². The molecule has 14 heavy (non-hydrogen) atoms. The molecule has 1 saturated carbocycles. The Morgan fingerprint density at radius 3 is 2.79 bits per heavy atom. The molecule has 0 aromatic rings. The lowest BCUT2D eigenvalue weighted by atomic mass is 10.1. The summed E-state index contributed by atoms with van der Waals surface area (Å²) in [6.45, 7) is 5.03. The lowest BCUT2D eigenvalue weighted by molar-refractivity contribution is 0.0764. The minimum absolute atomic E-state index is 0.533. The van der Waals surface area contributed by atoms with Crippen LogP contribution in [0.15, 0.2) is 0 Å². The third-order valence-electron chi connectivity index (χ3n) is 3.30. The number of ether oxygens (including phenoxy) is 1. The zero-order valence-corrected chi connectivity index (χ0v) is 8.93. The van der Waals surface area contributed by atoms with Crippen LogP contribution in [0.3, 0.4) is 0 Å². The van der Waals surface area contributed by atoms with Crippen molar-refractivity contribution in [2.24, 2.45) is 5.92 Å². The van der Waals surface area contributed by atoms with Gasteiger partial charge in [0.1, 0.15) is 0 Å². The van der Waals surface area contributed by atoms with E-state index in [-0.39, 0.29) is 0 Å². The number of morpholine rings is 1. The van der Waals surface area contributed by atoms with Crippen LogP contribution in [0.5, 0.6) is 0 Å². The molecule has 2 aliphatic rings. The molecule has 1 aliphatic heterocycles. The van der Waals surface area contributed by atoms with E-state index in [1.165, 1.54) is 32.2 Å².